The predicted molar refractivity (Wildman–Crippen MR) is 101 cm³/mol. The third kappa shape index (κ3) is 3.84. The van der Waals surface area contributed by atoms with E-state index in [2.05, 4.69) is 23.2 Å². The SMILES string of the molecule is CCC(NC(=O)N1CCN(c2ccccc2Cl)CC1)c1cccs1. The number of carbonyl (C=O) groups excluding carboxylic acids is 1. The summed E-state index contributed by atoms with van der Waals surface area (Å²) in [5.41, 5.74) is 1.05. The number of nitrogens with zero attached hydrogens (tertiary/aromatic N) is 2. The molecule has 2 amide bonds. The Morgan fingerprint density at radius 2 is 1.96 bits per heavy atom. The monoisotopic (exact) mass is 363 g/mol. The zero-order valence-corrected chi connectivity index (χ0v) is 15.3. The highest BCUT2D eigenvalue weighted by molar-refractivity contribution is 7.10. The Balaban J connectivity index is 1.56. The summed E-state index contributed by atoms with van der Waals surface area (Å²) in [6, 6.07) is 12.1. The summed E-state index contributed by atoms with van der Waals surface area (Å²) in [5.74, 6) is 0. The van der Waals surface area contributed by atoms with Gasteiger partial charge in [-0.3, -0.25) is 0 Å². The van der Waals surface area contributed by atoms with Gasteiger partial charge in [0.05, 0.1) is 16.8 Å². The van der Waals surface area contributed by atoms with E-state index in [1.54, 1.807) is 11.3 Å². The molecule has 0 aliphatic carbocycles. The summed E-state index contributed by atoms with van der Waals surface area (Å²) in [7, 11) is 0. The zero-order valence-electron chi connectivity index (χ0n) is 13.7. The standard InChI is InChI=1S/C18H22ClN3OS/c1-2-15(17-8-5-13-24-17)20-18(23)22-11-9-21(10-12-22)16-7-4-3-6-14(16)19/h3-8,13,15H,2,9-12H2,1H3,(H,20,23). The van der Waals surface area contributed by atoms with Gasteiger partial charge in [-0.2, -0.15) is 0 Å². The molecule has 3 rings (SSSR count). The van der Waals surface area contributed by atoms with Crippen molar-refractivity contribution in [3.8, 4) is 0 Å². The van der Waals surface area contributed by atoms with Crippen LogP contribution in [0.5, 0.6) is 0 Å². The molecular weight excluding hydrogens is 342 g/mol. The number of amides is 2. The van der Waals surface area contributed by atoms with Crippen molar-refractivity contribution in [1.29, 1.82) is 0 Å². The molecular formula is C18H22ClN3OS. The predicted octanol–water partition coefficient (Wildman–Crippen LogP) is 4.38. The van der Waals surface area contributed by atoms with E-state index in [1.165, 1.54) is 4.88 Å². The van der Waals surface area contributed by atoms with Gasteiger partial charge in [0.25, 0.3) is 0 Å². The van der Waals surface area contributed by atoms with Crippen LogP contribution < -0.4 is 10.2 Å². The quantitative estimate of drug-likeness (QED) is 0.874. The second-order valence-corrected chi connectivity index (χ2v) is 7.24. The van der Waals surface area contributed by atoms with E-state index in [1.807, 2.05) is 40.6 Å². The van der Waals surface area contributed by atoms with Crippen LogP contribution in [-0.4, -0.2) is 37.1 Å². The van der Waals surface area contributed by atoms with Gasteiger partial charge in [-0.1, -0.05) is 36.7 Å². The number of hydrogen-bond donors (Lipinski definition) is 1. The van der Waals surface area contributed by atoms with Crippen LogP contribution in [0.15, 0.2) is 41.8 Å². The van der Waals surface area contributed by atoms with E-state index in [0.717, 1.165) is 30.2 Å². The van der Waals surface area contributed by atoms with Gasteiger partial charge in [0.1, 0.15) is 0 Å². The molecule has 2 heterocycles. The fourth-order valence-electron chi connectivity index (χ4n) is 2.96. The number of rotatable bonds is 4. The number of carbonyl (C=O) groups is 1. The van der Waals surface area contributed by atoms with Gasteiger partial charge in [0, 0.05) is 31.1 Å². The van der Waals surface area contributed by atoms with E-state index in [9.17, 15) is 4.79 Å². The maximum atomic E-state index is 12.5. The van der Waals surface area contributed by atoms with Gasteiger partial charge >= 0.3 is 6.03 Å². The van der Waals surface area contributed by atoms with E-state index >= 15 is 0 Å². The van der Waals surface area contributed by atoms with Crippen molar-refractivity contribution in [3.63, 3.8) is 0 Å². The minimum atomic E-state index is 0.0223. The number of para-hydroxylation sites is 1. The summed E-state index contributed by atoms with van der Waals surface area (Å²) < 4.78 is 0. The molecule has 1 aromatic heterocycles. The first-order valence-electron chi connectivity index (χ1n) is 8.27. The lowest BCUT2D eigenvalue weighted by atomic mass is 10.2. The van der Waals surface area contributed by atoms with Crippen molar-refractivity contribution in [2.45, 2.75) is 19.4 Å². The summed E-state index contributed by atoms with van der Waals surface area (Å²) in [5, 5.41) is 5.97. The lowest BCUT2D eigenvalue weighted by molar-refractivity contribution is 0.190. The molecule has 1 aliphatic heterocycles. The number of hydrogen-bond acceptors (Lipinski definition) is 3. The Hall–Kier alpha value is -1.72. The van der Waals surface area contributed by atoms with E-state index in [4.69, 9.17) is 11.6 Å². The third-order valence-electron chi connectivity index (χ3n) is 4.35. The molecule has 6 heteroatoms. The zero-order chi connectivity index (χ0) is 16.9. The largest absolute Gasteiger partial charge is 0.367 e. The molecule has 1 atom stereocenters. The van der Waals surface area contributed by atoms with Crippen LogP contribution in [0.2, 0.25) is 5.02 Å². The number of nitrogens with one attached hydrogen (secondary N) is 1. The Kier molecular flexibility index (Phi) is 5.63. The minimum Gasteiger partial charge on any atom is -0.367 e. The van der Waals surface area contributed by atoms with E-state index in [0.29, 0.717) is 13.1 Å². The number of piperazine rings is 1. The lowest BCUT2D eigenvalue weighted by Crippen LogP contribution is -2.52. The molecule has 1 fully saturated rings. The van der Waals surface area contributed by atoms with E-state index in [-0.39, 0.29) is 12.1 Å². The molecule has 0 spiro atoms. The number of benzene rings is 1. The smallest absolute Gasteiger partial charge is 0.318 e. The Morgan fingerprint density at radius 3 is 2.58 bits per heavy atom. The third-order valence-corrected chi connectivity index (χ3v) is 5.66. The van der Waals surface area contributed by atoms with Gasteiger partial charge in [0.15, 0.2) is 0 Å². The van der Waals surface area contributed by atoms with Crippen molar-refractivity contribution in [2.24, 2.45) is 0 Å². The van der Waals surface area contributed by atoms with Crippen molar-refractivity contribution in [1.82, 2.24) is 10.2 Å². The molecule has 0 bridgehead atoms. The second-order valence-electron chi connectivity index (χ2n) is 5.85. The van der Waals surface area contributed by atoms with E-state index < -0.39 is 0 Å². The first-order chi connectivity index (χ1) is 11.7. The first-order valence-corrected chi connectivity index (χ1v) is 9.53. The topological polar surface area (TPSA) is 35.6 Å². The average molecular weight is 364 g/mol. The summed E-state index contributed by atoms with van der Waals surface area (Å²) in [6.07, 6.45) is 0.895. The van der Waals surface area contributed by atoms with Crippen molar-refractivity contribution in [3.05, 3.63) is 51.7 Å². The lowest BCUT2D eigenvalue weighted by Gasteiger charge is -2.37. The molecule has 24 heavy (non-hydrogen) atoms. The number of urea groups is 1. The van der Waals surface area contributed by atoms with Crippen LogP contribution in [-0.2, 0) is 0 Å². The molecule has 1 aromatic carbocycles. The van der Waals surface area contributed by atoms with Gasteiger partial charge in [-0.15, -0.1) is 11.3 Å². The summed E-state index contributed by atoms with van der Waals surface area (Å²) >= 11 is 7.96. The first kappa shape index (κ1) is 17.1. The highest BCUT2D eigenvalue weighted by Crippen LogP contribution is 2.26. The fraction of sp³-hybridized carbons (Fsp3) is 0.389. The van der Waals surface area contributed by atoms with Crippen LogP contribution in [0.4, 0.5) is 10.5 Å². The average Bonchev–Trinajstić information content (AvgIpc) is 3.14. The van der Waals surface area contributed by atoms with Crippen molar-refractivity contribution >= 4 is 34.7 Å². The fourth-order valence-corrected chi connectivity index (χ4v) is 4.08. The highest BCUT2D eigenvalue weighted by atomic mass is 35.5. The second kappa shape index (κ2) is 7.90. The molecule has 2 aromatic rings. The van der Waals surface area contributed by atoms with Crippen molar-refractivity contribution < 1.29 is 4.79 Å². The maximum absolute atomic E-state index is 12.5. The molecule has 128 valence electrons. The Morgan fingerprint density at radius 1 is 1.21 bits per heavy atom. The minimum absolute atomic E-state index is 0.0223. The van der Waals surface area contributed by atoms with Gasteiger partial charge in [-0.05, 0) is 30.0 Å². The van der Waals surface area contributed by atoms with Gasteiger partial charge < -0.3 is 15.1 Å². The van der Waals surface area contributed by atoms with Crippen LogP contribution in [0.25, 0.3) is 0 Å². The van der Waals surface area contributed by atoms with Gasteiger partial charge in [-0.25, -0.2) is 4.79 Å². The number of thiophene rings is 1. The summed E-state index contributed by atoms with van der Waals surface area (Å²) in [4.78, 5) is 17.9. The molecule has 0 saturated carbocycles. The number of halogens is 1. The normalized spacial score (nSPS) is 16.1. The van der Waals surface area contributed by atoms with Gasteiger partial charge in [0.2, 0.25) is 0 Å². The molecule has 4 nitrogen and oxygen atoms in total. The Bertz CT molecular complexity index is 669. The molecule has 1 N–H and O–H groups in total. The molecule has 1 saturated heterocycles. The molecule has 0 radical (unpaired) electrons. The Labute approximate surface area is 152 Å². The van der Waals surface area contributed by atoms with Crippen LogP contribution in [0.3, 0.4) is 0 Å². The van der Waals surface area contributed by atoms with Crippen LogP contribution in [0.1, 0.15) is 24.3 Å². The van der Waals surface area contributed by atoms with Crippen LogP contribution in [0, 0.1) is 0 Å². The summed E-state index contributed by atoms with van der Waals surface area (Å²) in [6.45, 7) is 5.11. The molecule has 1 aliphatic rings. The maximum Gasteiger partial charge on any atom is 0.318 e. The highest BCUT2D eigenvalue weighted by Gasteiger charge is 2.24. The molecule has 1 unspecified atom stereocenters. The van der Waals surface area contributed by atoms with Crippen molar-refractivity contribution in [2.75, 3.05) is 31.1 Å². The number of anilines is 1. The van der Waals surface area contributed by atoms with Crippen LogP contribution >= 0.6 is 22.9 Å².